The lowest BCUT2D eigenvalue weighted by atomic mass is 9.79. The fourth-order valence-corrected chi connectivity index (χ4v) is 3.91. The Morgan fingerprint density at radius 3 is 2.37 bits per heavy atom. The van der Waals surface area contributed by atoms with Gasteiger partial charge in [-0.05, 0) is 55.5 Å². The molecule has 0 atom stereocenters. The number of nitro groups is 1. The lowest BCUT2D eigenvalue weighted by molar-refractivity contribution is -0.384. The van der Waals surface area contributed by atoms with Gasteiger partial charge in [0.1, 0.15) is 11.5 Å². The lowest BCUT2D eigenvalue weighted by Crippen LogP contribution is -2.36. The first kappa shape index (κ1) is 21.4. The quantitative estimate of drug-likeness (QED) is 0.431. The molecule has 0 unspecified atom stereocenters. The summed E-state index contributed by atoms with van der Waals surface area (Å²) in [6, 6.07) is 8.68. The number of carbonyl (C=O) groups is 2. The zero-order valence-corrected chi connectivity index (χ0v) is 16.9. The highest BCUT2D eigenvalue weighted by Gasteiger charge is 2.44. The molecular weight excluding hydrogens is 391 g/mol. The second kappa shape index (κ2) is 8.61. The van der Waals surface area contributed by atoms with Gasteiger partial charge in [-0.2, -0.15) is 0 Å². The smallest absolute Gasteiger partial charge is 0.317 e. The molecule has 0 spiro atoms. The van der Waals surface area contributed by atoms with Crippen molar-refractivity contribution in [1.29, 1.82) is 0 Å². The number of hydrogen-bond acceptors (Lipinski definition) is 5. The van der Waals surface area contributed by atoms with Crippen LogP contribution in [0.5, 0.6) is 0 Å². The Bertz CT molecular complexity index is 982. The second-order valence-electron chi connectivity index (χ2n) is 7.58. The Kier molecular flexibility index (Phi) is 6.14. The topological polar surface area (TPSA) is 98.5 Å². The molecule has 1 aliphatic rings. The molecule has 30 heavy (non-hydrogen) atoms. The highest BCUT2D eigenvalue weighted by atomic mass is 19.1. The molecule has 2 aromatic rings. The van der Waals surface area contributed by atoms with Crippen LogP contribution in [0.3, 0.4) is 0 Å². The van der Waals surface area contributed by atoms with Crippen LogP contribution < -0.4 is 5.32 Å². The standard InChI is InChI=1S/C22H23FN2O5/c1-14-5-10-18(25(28)29)20(15(14)2)24-19(26)13-30-21(27)22(11-3-4-12-22)16-6-8-17(23)9-7-16/h5-10H,3-4,11-13H2,1-2H3,(H,24,26). The molecule has 1 amide bonds. The van der Waals surface area contributed by atoms with Crippen molar-refractivity contribution >= 4 is 23.3 Å². The minimum Gasteiger partial charge on any atom is -0.455 e. The minimum atomic E-state index is -0.904. The molecule has 0 aliphatic heterocycles. The largest absolute Gasteiger partial charge is 0.455 e. The number of aryl methyl sites for hydroxylation is 1. The van der Waals surface area contributed by atoms with E-state index >= 15 is 0 Å². The molecule has 158 valence electrons. The van der Waals surface area contributed by atoms with Crippen LogP contribution in [0, 0.1) is 29.8 Å². The summed E-state index contributed by atoms with van der Waals surface area (Å²) in [5.74, 6) is -1.60. The summed E-state index contributed by atoms with van der Waals surface area (Å²) in [5, 5.41) is 13.8. The monoisotopic (exact) mass is 414 g/mol. The Labute approximate surface area is 173 Å². The van der Waals surface area contributed by atoms with Crippen LogP contribution in [0.4, 0.5) is 15.8 Å². The van der Waals surface area contributed by atoms with Gasteiger partial charge in [0.05, 0.1) is 10.3 Å². The van der Waals surface area contributed by atoms with Crippen molar-refractivity contribution in [2.24, 2.45) is 0 Å². The maximum absolute atomic E-state index is 13.3. The molecular formula is C22H23FN2O5. The van der Waals surface area contributed by atoms with Crippen molar-refractivity contribution in [2.75, 3.05) is 11.9 Å². The lowest BCUT2D eigenvalue weighted by Gasteiger charge is -2.27. The maximum atomic E-state index is 13.3. The first-order valence-electron chi connectivity index (χ1n) is 9.72. The van der Waals surface area contributed by atoms with E-state index in [1.165, 1.54) is 18.2 Å². The number of rotatable bonds is 6. The second-order valence-corrected chi connectivity index (χ2v) is 7.58. The van der Waals surface area contributed by atoms with Crippen LogP contribution in [-0.4, -0.2) is 23.4 Å². The van der Waals surface area contributed by atoms with Crippen molar-refractivity contribution in [1.82, 2.24) is 0 Å². The Morgan fingerprint density at radius 1 is 1.13 bits per heavy atom. The molecule has 1 aliphatic carbocycles. The van der Waals surface area contributed by atoms with E-state index < -0.39 is 34.6 Å². The normalized spacial score (nSPS) is 14.9. The van der Waals surface area contributed by atoms with Gasteiger partial charge in [0.2, 0.25) is 0 Å². The molecule has 8 heteroatoms. The summed E-state index contributed by atoms with van der Waals surface area (Å²) >= 11 is 0. The summed E-state index contributed by atoms with van der Waals surface area (Å²) in [4.78, 5) is 36.0. The summed E-state index contributed by atoms with van der Waals surface area (Å²) in [6.07, 6.45) is 2.77. The third kappa shape index (κ3) is 4.17. The highest BCUT2D eigenvalue weighted by molar-refractivity contribution is 5.96. The number of hydrogen-bond donors (Lipinski definition) is 1. The van der Waals surface area contributed by atoms with Gasteiger partial charge >= 0.3 is 5.97 Å². The summed E-state index contributed by atoms with van der Waals surface area (Å²) in [5.41, 5.74) is 0.985. The van der Waals surface area contributed by atoms with Crippen LogP contribution in [0.1, 0.15) is 42.4 Å². The number of ether oxygens (including phenoxy) is 1. The molecule has 0 heterocycles. The maximum Gasteiger partial charge on any atom is 0.317 e. The zero-order valence-electron chi connectivity index (χ0n) is 16.9. The van der Waals surface area contributed by atoms with Crippen molar-refractivity contribution in [3.8, 4) is 0 Å². The molecule has 0 radical (unpaired) electrons. The summed E-state index contributed by atoms with van der Waals surface area (Å²) in [6.45, 7) is 2.89. The number of esters is 1. The van der Waals surface area contributed by atoms with E-state index in [-0.39, 0.29) is 11.4 Å². The van der Waals surface area contributed by atoms with Gasteiger partial charge in [-0.3, -0.25) is 19.7 Å². The Hall–Kier alpha value is -3.29. The minimum absolute atomic E-state index is 0.0927. The van der Waals surface area contributed by atoms with Crippen molar-refractivity contribution < 1.29 is 23.6 Å². The van der Waals surface area contributed by atoms with Crippen LogP contribution in [0.25, 0.3) is 0 Å². The van der Waals surface area contributed by atoms with Crippen molar-refractivity contribution in [3.05, 3.63) is 69.0 Å². The molecule has 2 aromatic carbocycles. The first-order valence-corrected chi connectivity index (χ1v) is 9.72. The fourth-order valence-electron chi connectivity index (χ4n) is 3.91. The van der Waals surface area contributed by atoms with E-state index in [2.05, 4.69) is 5.32 Å². The van der Waals surface area contributed by atoms with Crippen molar-refractivity contribution in [2.45, 2.75) is 44.9 Å². The van der Waals surface area contributed by atoms with Crippen LogP contribution >= 0.6 is 0 Å². The predicted octanol–water partition coefficient (Wildman–Crippen LogP) is 4.34. The number of halogens is 1. The molecule has 1 saturated carbocycles. The van der Waals surface area contributed by atoms with Crippen LogP contribution in [-0.2, 0) is 19.7 Å². The zero-order chi connectivity index (χ0) is 21.9. The number of nitrogens with one attached hydrogen (secondary N) is 1. The van der Waals surface area contributed by atoms with Gasteiger partial charge in [-0.1, -0.05) is 31.0 Å². The average molecular weight is 414 g/mol. The molecule has 0 saturated heterocycles. The molecule has 7 nitrogen and oxygen atoms in total. The van der Waals surface area contributed by atoms with Gasteiger partial charge in [-0.25, -0.2) is 4.39 Å². The summed E-state index contributed by atoms with van der Waals surface area (Å²) in [7, 11) is 0. The fraction of sp³-hybridized carbons (Fsp3) is 0.364. The van der Waals surface area contributed by atoms with E-state index in [1.807, 2.05) is 0 Å². The number of nitro benzene ring substituents is 1. The predicted molar refractivity (Wildman–Crippen MR) is 109 cm³/mol. The molecule has 3 rings (SSSR count). The van der Waals surface area contributed by atoms with Gasteiger partial charge in [-0.15, -0.1) is 0 Å². The third-order valence-electron chi connectivity index (χ3n) is 5.75. The molecule has 1 N–H and O–H groups in total. The Morgan fingerprint density at radius 2 is 1.77 bits per heavy atom. The number of amides is 1. The summed E-state index contributed by atoms with van der Waals surface area (Å²) < 4.78 is 18.6. The van der Waals surface area contributed by atoms with Crippen molar-refractivity contribution in [3.63, 3.8) is 0 Å². The number of anilines is 1. The third-order valence-corrected chi connectivity index (χ3v) is 5.75. The van der Waals surface area contributed by atoms with Gasteiger partial charge in [0.15, 0.2) is 6.61 Å². The highest BCUT2D eigenvalue weighted by Crippen LogP contribution is 2.42. The van der Waals surface area contributed by atoms with E-state index in [9.17, 15) is 24.1 Å². The van der Waals surface area contributed by atoms with Gasteiger partial charge in [0, 0.05) is 6.07 Å². The average Bonchev–Trinajstić information content (AvgIpc) is 3.21. The SMILES string of the molecule is Cc1ccc([N+](=O)[O-])c(NC(=O)COC(=O)C2(c3ccc(F)cc3)CCCC2)c1C. The van der Waals surface area contributed by atoms with E-state index in [4.69, 9.17) is 4.74 Å². The number of nitrogens with zero attached hydrogens (tertiary/aromatic N) is 1. The van der Waals surface area contributed by atoms with E-state index in [0.29, 0.717) is 24.0 Å². The molecule has 0 aromatic heterocycles. The van der Waals surface area contributed by atoms with Gasteiger partial charge < -0.3 is 10.1 Å². The first-order chi connectivity index (χ1) is 14.2. The van der Waals surface area contributed by atoms with Crippen LogP contribution in [0.2, 0.25) is 0 Å². The van der Waals surface area contributed by atoms with E-state index in [1.54, 1.807) is 32.0 Å². The number of benzene rings is 2. The number of carbonyl (C=O) groups excluding carboxylic acids is 2. The van der Waals surface area contributed by atoms with Gasteiger partial charge in [0.25, 0.3) is 11.6 Å². The molecule has 0 bridgehead atoms. The molecule has 1 fully saturated rings. The Balaban J connectivity index is 1.73. The van der Waals surface area contributed by atoms with E-state index in [0.717, 1.165) is 18.4 Å². The van der Waals surface area contributed by atoms with Crippen LogP contribution in [0.15, 0.2) is 36.4 Å².